The molecule has 3 rings (SSSR count). The van der Waals surface area contributed by atoms with Crippen LogP contribution in [0.3, 0.4) is 0 Å². The van der Waals surface area contributed by atoms with Crippen molar-refractivity contribution in [3.63, 3.8) is 0 Å². The molecule has 0 aromatic heterocycles. The van der Waals surface area contributed by atoms with Gasteiger partial charge in [-0.2, -0.15) is 0 Å². The van der Waals surface area contributed by atoms with Crippen molar-refractivity contribution >= 4 is 0 Å². The van der Waals surface area contributed by atoms with Crippen molar-refractivity contribution in [2.24, 2.45) is 5.92 Å². The van der Waals surface area contributed by atoms with Gasteiger partial charge < -0.3 is 15.0 Å². The normalized spacial score (nSPS) is 23.6. The molecule has 110 valence electrons. The molecule has 0 aliphatic carbocycles. The first-order valence-corrected chi connectivity index (χ1v) is 7.99. The predicted molar refractivity (Wildman–Crippen MR) is 82.3 cm³/mol. The first kappa shape index (κ1) is 13.9. The van der Waals surface area contributed by atoms with Crippen LogP contribution in [0.15, 0.2) is 24.3 Å². The van der Waals surface area contributed by atoms with Gasteiger partial charge in [-0.3, -0.25) is 0 Å². The number of fused-ring (bicyclic) bond motifs is 1. The van der Waals surface area contributed by atoms with Crippen molar-refractivity contribution in [1.29, 1.82) is 0 Å². The summed E-state index contributed by atoms with van der Waals surface area (Å²) in [6.07, 6.45) is 4.12. The average Bonchev–Trinajstić information content (AvgIpc) is 3.07. The number of rotatable bonds is 6. The Morgan fingerprint density at radius 1 is 1.30 bits per heavy atom. The Hall–Kier alpha value is -1.06. The van der Waals surface area contributed by atoms with Crippen LogP contribution in [0.2, 0.25) is 0 Å². The molecule has 20 heavy (non-hydrogen) atoms. The van der Waals surface area contributed by atoms with E-state index in [2.05, 4.69) is 35.3 Å². The van der Waals surface area contributed by atoms with Crippen LogP contribution in [0.25, 0.3) is 0 Å². The van der Waals surface area contributed by atoms with Gasteiger partial charge in [0.05, 0.1) is 0 Å². The van der Waals surface area contributed by atoms with Gasteiger partial charge in [-0.1, -0.05) is 25.1 Å². The molecular weight excluding hydrogens is 248 g/mol. The van der Waals surface area contributed by atoms with Gasteiger partial charge in [-0.05, 0) is 50.0 Å². The highest BCUT2D eigenvalue weighted by atomic mass is 16.5. The third-order valence-electron chi connectivity index (χ3n) is 4.35. The van der Waals surface area contributed by atoms with Gasteiger partial charge >= 0.3 is 0 Å². The fraction of sp³-hybridized carbons (Fsp3) is 0.647. The van der Waals surface area contributed by atoms with E-state index in [1.807, 2.05) is 6.07 Å². The second-order valence-corrected chi connectivity index (χ2v) is 6.32. The van der Waals surface area contributed by atoms with E-state index in [1.54, 1.807) is 0 Å². The van der Waals surface area contributed by atoms with Crippen molar-refractivity contribution in [3.05, 3.63) is 29.8 Å². The Balaban J connectivity index is 1.34. The Kier molecular flexibility index (Phi) is 4.58. The molecule has 2 heterocycles. The van der Waals surface area contributed by atoms with Crippen LogP contribution in [0.1, 0.15) is 25.3 Å². The van der Waals surface area contributed by atoms with E-state index in [0.29, 0.717) is 6.10 Å². The molecule has 1 aromatic carbocycles. The molecule has 2 aliphatic rings. The smallest absolute Gasteiger partial charge is 0.123 e. The maximum absolute atomic E-state index is 5.95. The predicted octanol–water partition coefficient (Wildman–Crippen LogP) is 2.31. The lowest BCUT2D eigenvalue weighted by atomic mass is 10.1. The zero-order chi connectivity index (χ0) is 13.8. The summed E-state index contributed by atoms with van der Waals surface area (Å²) in [5.41, 5.74) is 1.35. The zero-order valence-corrected chi connectivity index (χ0v) is 12.5. The molecule has 1 saturated heterocycles. The van der Waals surface area contributed by atoms with Crippen LogP contribution >= 0.6 is 0 Å². The number of hydrogen-bond acceptors (Lipinski definition) is 3. The Labute approximate surface area is 122 Å². The highest BCUT2D eigenvalue weighted by molar-refractivity contribution is 5.37. The Morgan fingerprint density at radius 2 is 2.10 bits per heavy atom. The van der Waals surface area contributed by atoms with E-state index in [9.17, 15) is 0 Å². The van der Waals surface area contributed by atoms with E-state index in [4.69, 9.17) is 4.74 Å². The molecule has 1 fully saturated rings. The fourth-order valence-electron chi connectivity index (χ4n) is 3.33. The fourth-order valence-corrected chi connectivity index (χ4v) is 3.33. The highest BCUT2D eigenvalue weighted by Crippen LogP contribution is 2.27. The SMILES string of the molecule is CC(CNCC1Cc2ccccc2O1)CN1CCCC1. The van der Waals surface area contributed by atoms with Gasteiger partial charge in [-0.25, -0.2) is 0 Å². The Morgan fingerprint density at radius 3 is 2.90 bits per heavy atom. The maximum Gasteiger partial charge on any atom is 0.123 e. The van der Waals surface area contributed by atoms with Crippen molar-refractivity contribution in [2.75, 3.05) is 32.7 Å². The summed E-state index contributed by atoms with van der Waals surface area (Å²) >= 11 is 0. The van der Waals surface area contributed by atoms with Crippen LogP contribution in [0.4, 0.5) is 0 Å². The summed E-state index contributed by atoms with van der Waals surface area (Å²) in [7, 11) is 0. The average molecular weight is 274 g/mol. The van der Waals surface area contributed by atoms with Gasteiger partial charge in [0.1, 0.15) is 11.9 Å². The zero-order valence-electron chi connectivity index (χ0n) is 12.5. The number of nitrogens with one attached hydrogen (secondary N) is 1. The van der Waals surface area contributed by atoms with Crippen molar-refractivity contribution in [2.45, 2.75) is 32.3 Å². The third kappa shape index (κ3) is 3.53. The lowest BCUT2D eigenvalue weighted by Gasteiger charge is -2.21. The van der Waals surface area contributed by atoms with Crippen LogP contribution < -0.4 is 10.1 Å². The number of hydrogen-bond donors (Lipinski definition) is 1. The molecule has 2 aliphatic heterocycles. The number of benzene rings is 1. The first-order chi connectivity index (χ1) is 9.81. The molecule has 1 N–H and O–H groups in total. The Bertz CT molecular complexity index is 404. The molecular formula is C17H26N2O. The molecule has 0 amide bonds. The minimum atomic E-state index is 0.311. The van der Waals surface area contributed by atoms with E-state index in [0.717, 1.165) is 31.2 Å². The van der Waals surface area contributed by atoms with E-state index in [-0.39, 0.29) is 0 Å². The van der Waals surface area contributed by atoms with Crippen LogP contribution in [-0.4, -0.2) is 43.7 Å². The number of para-hydroxylation sites is 1. The molecule has 0 radical (unpaired) electrons. The second kappa shape index (κ2) is 6.59. The summed E-state index contributed by atoms with van der Waals surface area (Å²) < 4.78 is 5.95. The summed E-state index contributed by atoms with van der Waals surface area (Å²) in [6, 6.07) is 8.39. The first-order valence-electron chi connectivity index (χ1n) is 7.99. The summed E-state index contributed by atoms with van der Waals surface area (Å²) in [5, 5.41) is 3.58. The molecule has 3 heteroatoms. The van der Waals surface area contributed by atoms with Crippen molar-refractivity contribution in [3.8, 4) is 5.75 Å². The van der Waals surface area contributed by atoms with Crippen LogP contribution in [0.5, 0.6) is 5.75 Å². The topological polar surface area (TPSA) is 24.5 Å². The van der Waals surface area contributed by atoms with Gasteiger partial charge in [0.15, 0.2) is 0 Å². The van der Waals surface area contributed by atoms with Gasteiger partial charge in [0.2, 0.25) is 0 Å². The van der Waals surface area contributed by atoms with Gasteiger partial charge in [0, 0.05) is 19.5 Å². The lowest BCUT2D eigenvalue weighted by Crippen LogP contribution is -2.36. The highest BCUT2D eigenvalue weighted by Gasteiger charge is 2.22. The largest absolute Gasteiger partial charge is 0.488 e. The minimum Gasteiger partial charge on any atom is -0.488 e. The molecule has 2 atom stereocenters. The monoisotopic (exact) mass is 274 g/mol. The molecule has 0 saturated carbocycles. The molecule has 2 unspecified atom stereocenters. The van der Waals surface area contributed by atoms with E-state index in [1.165, 1.54) is 38.0 Å². The second-order valence-electron chi connectivity index (χ2n) is 6.32. The number of likely N-dealkylation sites (tertiary alicyclic amines) is 1. The summed E-state index contributed by atoms with van der Waals surface area (Å²) in [5.74, 6) is 1.79. The van der Waals surface area contributed by atoms with Gasteiger partial charge in [0.25, 0.3) is 0 Å². The number of ether oxygens (including phenoxy) is 1. The molecule has 0 spiro atoms. The minimum absolute atomic E-state index is 0.311. The molecule has 0 bridgehead atoms. The van der Waals surface area contributed by atoms with Crippen LogP contribution in [0, 0.1) is 5.92 Å². The molecule has 3 nitrogen and oxygen atoms in total. The standard InChI is InChI=1S/C17H26N2O/c1-14(13-19-8-4-5-9-19)11-18-12-16-10-15-6-2-3-7-17(15)20-16/h2-3,6-7,14,16,18H,4-5,8-13H2,1H3. The van der Waals surface area contributed by atoms with Gasteiger partial charge in [-0.15, -0.1) is 0 Å². The van der Waals surface area contributed by atoms with E-state index >= 15 is 0 Å². The third-order valence-corrected chi connectivity index (χ3v) is 4.35. The quantitative estimate of drug-likeness (QED) is 0.861. The maximum atomic E-state index is 5.95. The van der Waals surface area contributed by atoms with Crippen molar-refractivity contribution in [1.82, 2.24) is 10.2 Å². The molecule has 1 aromatic rings. The summed E-state index contributed by atoms with van der Waals surface area (Å²) in [6.45, 7) is 8.22. The summed E-state index contributed by atoms with van der Waals surface area (Å²) in [4.78, 5) is 2.59. The van der Waals surface area contributed by atoms with E-state index < -0.39 is 0 Å². The van der Waals surface area contributed by atoms with Crippen LogP contribution in [-0.2, 0) is 6.42 Å². The van der Waals surface area contributed by atoms with Crippen molar-refractivity contribution < 1.29 is 4.74 Å². The number of nitrogens with zero attached hydrogens (tertiary/aromatic N) is 1. The lowest BCUT2D eigenvalue weighted by molar-refractivity contribution is 0.220.